The van der Waals surface area contributed by atoms with Gasteiger partial charge in [-0.2, -0.15) is 0 Å². The van der Waals surface area contributed by atoms with E-state index in [0.717, 1.165) is 38.0 Å². The van der Waals surface area contributed by atoms with Crippen molar-refractivity contribution in [2.45, 2.75) is 0 Å². The van der Waals surface area contributed by atoms with E-state index < -0.39 is 0 Å². The fraction of sp³-hybridized carbons (Fsp3) is 0.167. The normalized spacial score (nSPS) is 11.1. The number of methoxy groups -OCH3 is 3. The van der Waals surface area contributed by atoms with E-state index in [0.29, 0.717) is 0 Å². The highest BCUT2D eigenvalue weighted by atomic mass is 32.1. The van der Waals surface area contributed by atoms with Gasteiger partial charge in [0.1, 0.15) is 22.3 Å². The van der Waals surface area contributed by atoms with E-state index in [9.17, 15) is 0 Å². The lowest BCUT2D eigenvalue weighted by Crippen LogP contribution is -1.88. The second-order valence-electron chi connectivity index (χ2n) is 4.87. The molecule has 4 nitrogen and oxygen atoms in total. The summed E-state index contributed by atoms with van der Waals surface area (Å²) < 4.78 is 16.9. The maximum absolute atomic E-state index is 5.28. The Morgan fingerprint density at radius 2 is 1.52 bits per heavy atom. The summed E-state index contributed by atoms with van der Waals surface area (Å²) in [5.74, 6) is 2.37. The molecule has 0 unspecified atom stereocenters. The highest BCUT2D eigenvalue weighted by molar-refractivity contribution is 7.19. The SMILES string of the molecule is COc1cc(/C=C/c2nc3ccc(OC)cc3s2)cc(OC)c1. The maximum Gasteiger partial charge on any atom is 0.123 e. The van der Waals surface area contributed by atoms with Crippen molar-refractivity contribution >= 4 is 33.7 Å². The molecule has 0 saturated heterocycles. The first-order valence-electron chi connectivity index (χ1n) is 7.07. The summed E-state index contributed by atoms with van der Waals surface area (Å²) in [6, 6.07) is 11.6. The molecule has 0 fully saturated rings. The first-order chi connectivity index (χ1) is 11.2. The van der Waals surface area contributed by atoms with Gasteiger partial charge in [0.05, 0.1) is 31.5 Å². The van der Waals surface area contributed by atoms with Gasteiger partial charge >= 0.3 is 0 Å². The van der Waals surface area contributed by atoms with E-state index in [1.54, 1.807) is 32.7 Å². The topological polar surface area (TPSA) is 40.6 Å². The van der Waals surface area contributed by atoms with Gasteiger partial charge in [0.25, 0.3) is 0 Å². The minimum atomic E-state index is 0.762. The van der Waals surface area contributed by atoms with Crippen LogP contribution in [0, 0.1) is 0 Å². The van der Waals surface area contributed by atoms with Crippen LogP contribution in [-0.4, -0.2) is 26.3 Å². The number of rotatable bonds is 5. The van der Waals surface area contributed by atoms with Crippen LogP contribution in [0.15, 0.2) is 36.4 Å². The minimum Gasteiger partial charge on any atom is -0.497 e. The summed E-state index contributed by atoms with van der Waals surface area (Å²) in [6.45, 7) is 0. The lowest BCUT2D eigenvalue weighted by molar-refractivity contribution is 0.394. The molecule has 3 aromatic rings. The molecule has 23 heavy (non-hydrogen) atoms. The van der Waals surface area contributed by atoms with Crippen molar-refractivity contribution in [3.63, 3.8) is 0 Å². The average molecular weight is 327 g/mol. The van der Waals surface area contributed by atoms with Gasteiger partial charge in [0.15, 0.2) is 0 Å². The van der Waals surface area contributed by atoms with Crippen molar-refractivity contribution in [3.8, 4) is 17.2 Å². The standard InChI is InChI=1S/C18H17NO3S/c1-20-13-5-6-16-17(11-13)23-18(19-16)7-4-12-8-14(21-2)10-15(9-12)22-3/h4-11H,1-3H3/b7-4+. The van der Waals surface area contributed by atoms with E-state index in [4.69, 9.17) is 14.2 Å². The molecule has 0 saturated carbocycles. The monoisotopic (exact) mass is 327 g/mol. The number of fused-ring (bicyclic) bond motifs is 1. The molecule has 0 aliphatic rings. The smallest absolute Gasteiger partial charge is 0.123 e. The third-order valence-electron chi connectivity index (χ3n) is 3.40. The first kappa shape index (κ1) is 15.4. The molecule has 0 bridgehead atoms. The molecule has 0 N–H and O–H groups in total. The number of thiazole rings is 1. The van der Waals surface area contributed by atoms with Crippen LogP contribution >= 0.6 is 11.3 Å². The van der Waals surface area contributed by atoms with Crippen LogP contribution in [0.25, 0.3) is 22.4 Å². The maximum atomic E-state index is 5.28. The predicted octanol–water partition coefficient (Wildman–Crippen LogP) is 4.49. The largest absolute Gasteiger partial charge is 0.497 e. The molecule has 3 rings (SSSR count). The molecule has 1 aromatic heterocycles. The highest BCUT2D eigenvalue weighted by Crippen LogP contribution is 2.28. The number of aromatic nitrogens is 1. The predicted molar refractivity (Wildman–Crippen MR) is 94.6 cm³/mol. The van der Waals surface area contributed by atoms with Crippen molar-refractivity contribution in [2.75, 3.05) is 21.3 Å². The molecule has 0 atom stereocenters. The molecule has 0 radical (unpaired) electrons. The van der Waals surface area contributed by atoms with Crippen molar-refractivity contribution in [1.82, 2.24) is 4.98 Å². The zero-order chi connectivity index (χ0) is 16.2. The molecule has 0 amide bonds. The van der Waals surface area contributed by atoms with Gasteiger partial charge < -0.3 is 14.2 Å². The molecule has 1 heterocycles. The summed E-state index contributed by atoms with van der Waals surface area (Å²) in [5.41, 5.74) is 1.97. The second-order valence-corrected chi connectivity index (χ2v) is 5.93. The Hall–Kier alpha value is -2.53. The quantitative estimate of drug-likeness (QED) is 0.692. The van der Waals surface area contributed by atoms with Gasteiger partial charge in [0, 0.05) is 6.07 Å². The fourth-order valence-electron chi connectivity index (χ4n) is 2.21. The molecule has 5 heteroatoms. The Bertz CT molecular complexity index is 832. The van der Waals surface area contributed by atoms with Crippen LogP contribution in [0.1, 0.15) is 10.6 Å². The Balaban J connectivity index is 1.90. The summed E-state index contributed by atoms with van der Waals surface area (Å²) in [5, 5.41) is 0.940. The van der Waals surface area contributed by atoms with Crippen LogP contribution in [0.2, 0.25) is 0 Å². The van der Waals surface area contributed by atoms with Gasteiger partial charge in [-0.25, -0.2) is 4.98 Å². The van der Waals surface area contributed by atoms with Gasteiger partial charge in [-0.3, -0.25) is 0 Å². The van der Waals surface area contributed by atoms with Crippen molar-refractivity contribution in [3.05, 3.63) is 47.0 Å². The number of ether oxygens (including phenoxy) is 3. The minimum absolute atomic E-state index is 0.762. The lowest BCUT2D eigenvalue weighted by atomic mass is 10.2. The van der Waals surface area contributed by atoms with Crippen molar-refractivity contribution in [1.29, 1.82) is 0 Å². The summed E-state index contributed by atoms with van der Waals surface area (Å²) >= 11 is 1.63. The number of hydrogen-bond donors (Lipinski definition) is 0. The average Bonchev–Trinajstić information content (AvgIpc) is 3.01. The van der Waals surface area contributed by atoms with E-state index in [-0.39, 0.29) is 0 Å². The van der Waals surface area contributed by atoms with Crippen molar-refractivity contribution < 1.29 is 14.2 Å². The van der Waals surface area contributed by atoms with Crippen LogP contribution in [-0.2, 0) is 0 Å². The number of hydrogen-bond acceptors (Lipinski definition) is 5. The lowest BCUT2D eigenvalue weighted by Gasteiger charge is -2.05. The molecule has 0 spiro atoms. The summed E-state index contributed by atoms with van der Waals surface area (Å²) in [4.78, 5) is 4.60. The van der Waals surface area contributed by atoms with Crippen LogP contribution in [0.3, 0.4) is 0 Å². The molecular weight excluding hydrogens is 310 g/mol. The van der Waals surface area contributed by atoms with E-state index >= 15 is 0 Å². The second kappa shape index (κ2) is 6.71. The zero-order valence-electron chi connectivity index (χ0n) is 13.2. The van der Waals surface area contributed by atoms with E-state index in [2.05, 4.69) is 4.98 Å². The third kappa shape index (κ3) is 3.46. The molecule has 0 aliphatic heterocycles. The van der Waals surface area contributed by atoms with Gasteiger partial charge in [-0.1, -0.05) is 6.08 Å². The van der Waals surface area contributed by atoms with Crippen LogP contribution < -0.4 is 14.2 Å². The van der Waals surface area contributed by atoms with Crippen LogP contribution in [0.4, 0.5) is 0 Å². The van der Waals surface area contributed by atoms with E-state index in [1.807, 2.05) is 48.6 Å². The summed E-state index contributed by atoms with van der Waals surface area (Å²) in [6.07, 6.45) is 3.99. The molecule has 0 aliphatic carbocycles. The van der Waals surface area contributed by atoms with Crippen molar-refractivity contribution in [2.24, 2.45) is 0 Å². The Kier molecular flexibility index (Phi) is 4.48. The Morgan fingerprint density at radius 3 is 2.17 bits per heavy atom. The first-order valence-corrected chi connectivity index (χ1v) is 7.89. The van der Waals surface area contributed by atoms with Gasteiger partial charge in [-0.15, -0.1) is 11.3 Å². The molecule has 118 valence electrons. The number of benzene rings is 2. The summed E-state index contributed by atoms with van der Waals surface area (Å²) in [7, 11) is 4.95. The van der Waals surface area contributed by atoms with E-state index in [1.165, 1.54) is 0 Å². The van der Waals surface area contributed by atoms with Gasteiger partial charge in [0.2, 0.25) is 0 Å². The molecular formula is C18H17NO3S. The van der Waals surface area contributed by atoms with Crippen LogP contribution in [0.5, 0.6) is 17.2 Å². The fourth-order valence-corrected chi connectivity index (χ4v) is 3.11. The number of nitrogens with zero attached hydrogens (tertiary/aromatic N) is 1. The third-order valence-corrected chi connectivity index (χ3v) is 4.39. The zero-order valence-corrected chi connectivity index (χ0v) is 14.0. The Labute approximate surface area is 139 Å². The van der Waals surface area contributed by atoms with Gasteiger partial charge in [-0.05, 0) is 42.0 Å². The highest BCUT2D eigenvalue weighted by Gasteiger charge is 2.04. The Morgan fingerprint density at radius 1 is 0.826 bits per heavy atom. The molecule has 2 aromatic carbocycles.